The summed E-state index contributed by atoms with van der Waals surface area (Å²) in [6, 6.07) is 33.6. The van der Waals surface area contributed by atoms with Crippen LogP contribution in [0.25, 0.3) is 17.0 Å². The molecule has 0 radical (unpaired) electrons. The van der Waals surface area contributed by atoms with Gasteiger partial charge in [0.05, 0.1) is 4.91 Å². The summed E-state index contributed by atoms with van der Waals surface area (Å²) in [4.78, 5) is 24.4. The van der Waals surface area contributed by atoms with Gasteiger partial charge in [0, 0.05) is 29.2 Å². The molecule has 0 atom stereocenters. The number of thioether (sulfide) groups is 1. The second kappa shape index (κ2) is 10.9. The number of amides is 2. The topological polar surface area (TPSA) is 69.6 Å². The number of carbonyl (C=O) groups is 2. The van der Waals surface area contributed by atoms with Crippen molar-refractivity contribution in [3.05, 3.63) is 131 Å². The molecule has 39 heavy (non-hydrogen) atoms. The average Bonchev–Trinajstić information content (AvgIpc) is 3.46. The Morgan fingerprint density at radius 1 is 0.769 bits per heavy atom. The highest BCUT2D eigenvalue weighted by Gasteiger charge is 2.25. The Hall–Kier alpha value is -4.75. The van der Waals surface area contributed by atoms with Crippen molar-refractivity contribution < 1.29 is 19.1 Å². The first-order valence-corrected chi connectivity index (χ1v) is 13.3. The monoisotopic (exact) mass is 532 g/mol. The third kappa shape index (κ3) is 5.73. The van der Waals surface area contributed by atoms with Crippen LogP contribution < -0.4 is 14.8 Å². The molecule has 0 aliphatic carbocycles. The summed E-state index contributed by atoms with van der Waals surface area (Å²) < 4.78 is 14.2. The number of benzene rings is 4. The zero-order valence-electron chi connectivity index (χ0n) is 20.9. The van der Waals surface area contributed by atoms with Crippen LogP contribution in [0.5, 0.6) is 17.2 Å². The number of ether oxygens (including phenoxy) is 2. The summed E-state index contributed by atoms with van der Waals surface area (Å²) in [5.74, 6) is 1.88. The number of aromatic nitrogens is 1. The van der Waals surface area contributed by atoms with Gasteiger partial charge in [-0.05, 0) is 71.4 Å². The lowest BCUT2D eigenvalue weighted by Gasteiger charge is -2.10. The van der Waals surface area contributed by atoms with Crippen molar-refractivity contribution in [2.24, 2.45) is 0 Å². The van der Waals surface area contributed by atoms with Gasteiger partial charge in [0.15, 0.2) is 0 Å². The van der Waals surface area contributed by atoms with E-state index in [2.05, 4.69) is 16.0 Å². The summed E-state index contributed by atoms with van der Waals surface area (Å²) in [5.41, 5.74) is 3.96. The minimum atomic E-state index is -0.381. The normalized spacial score (nSPS) is 14.1. The Morgan fingerprint density at radius 3 is 2.28 bits per heavy atom. The fourth-order valence-electron chi connectivity index (χ4n) is 4.47. The second-order valence-electron chi connectivity index (χ2n) is 9.08. The molecule has 1 fully saturated rings. The Labute approximate surface area is 229 Å². The molecule has 1 aliphatic rings. The lowest BCUT2D eigenvalue weighted by molar-refractivity contribution is -0.115. The number of carbonyl (C=O) groups excluding carboxylic acids is 2. The third-order valence-electron chi connectivity index (χ3n) is 6.29. The second-order valence-corrected chi connectivity index (χ2v) is 10.1. The van der Waals surface area contributed by atoms with Gasteiger partial charge in [0.2, 0.25) is 0 Å². The van der Waals surface area contributed by atoms with E-state index in [0.717, 1.165) is 56.6 Å². The molecule has 1 aromatic heterocycles. The summed E-state index contributed by atoms with van der Waals surface area (Å²) >= 11 is 0.909. The van der Waals surface area contributed by atoms with Crippen LogP contribution in [0.1, 0.15) is 16.7 Å². The first-order chi connectivity index (χ1) is 19.1. The molecule has 1 aliphatic heterocycles. The van der Waals surface area contributed by atoms with Gasteiger partial charge in [-0.3, -0.25) is 14.9 Å². The molecule has 0 spiro atoms. The highest BCUT2D eigenvalue weighted by molar-refractivity contribution is 8.18. The van der Waals surface area contributed by atoms with Crippen LogP contribution in [-0.2, 0) is 17.9 Å². The minimum absolute atomic E-state index is 0.364. The molecule has 1 saturated heterocycles. The number of hydrogen-bond acceptors (Lipinski definition) is 5. The molecule has 0 unspecified atom stereocenters. The van der Waals surface area contributed by atoms with Gasteiger partial charge >= 0.3 is 0 Å². The Balaban J connectivity index is 1.32. The van der Waals surface area contributed by atoms with Crippen LogP contribution in [0.15, 0.2) is 114 Å². The molecule has 6 nitrogen and oxygen atoms in total. The lowest BCUT2D eigenvalue weighted by Crippen LogP contribution is -2.17. The van der Waals surface area contributed by atoms with Crippen LogP contribution in [0.2, 0.25) is 0 Å². The quantitative estimate of drug-likeness (QED) is 0.211. The van der Waals surface area contributed by atoms with Crippen molar-refractivity contribution >= 4 is 39.9 Å². The van der Waals surface area contributed by atoms with Crippen molar-refractivity contribution in [2.75, 3.05) is 0 Å². The van der Waals surface area contributed by atoms with E-state index in [9.17, 15) is 9.59 Å². The van der Waals surface area contributed by atoms with Crippen molar-refractivity contribution in [2.45, 2.75) is 13.2 Å². The van der Waals surface area contributed by atoms with E-state index in [-0.39, 0.29) is 11.1 Å². The molecule has 192 valence electrons. The summed E-state index contributed by atoms with van der Waals surface area (Å²) in [6.07, 6.45) is 3.76. The van der Waals surface area contributed by atoms with Gasteiger partial charge in [-0.15, -0.1) is 0 Å². The fraction of sp³-hybridized carbons (Fsp3) is 0.0625. The van der Waals surface area contributed by atoms with Gasteiger partial charge in [0.1, 0.15) is 23.9 Å². The van der Waals surface area contributed by atoms with Crippen LogP contribution in [0, 0.1) is 0 Å². The SMILES string of the molecule is O=C1NC(=O)/C(=C/c2cn(Cc3cccc(Oc4ccccc4)c3)c3ccc(OCc4ccccc4)cc23)S1. The standard InChI is InChI=1S/C32H24N2O4S/c35-31-30(39-32(36)33-31)17-24-20-34(19-23-10-7-13-27(16-23)38-25-11-5-2-6-12-25)29-15-14-26(18-28(24)29)37-21-22-8-3-1-4-9-22/h1-18,20H,19,21H2,(H,33,35,36)/b30-17-. The first-order valence-electron chi connectivity index (χ1n) is 12.5. The number of rotatable bonds is 8. The number of hydrogen-bond donors (Lipinski definition) is 1. The van der Waals surface area contributed by atoms with E-state index in [1.165, 1.54) is 0 Å². The minimum Gasteiger partial charge on any atom is -0.489 e. The van der Waals surface area contributed by atoms with Crippen molar-refractivity contribution in [1.29, 1.82) is 0 Å². The number of nitrogens with zero attached hydrogens (tertiary/aromatic N) is 1. The maximum atomic E-state index is 12.3. The van der Waals surface area contributed by atoms with E-state index >= 15 is 0 Å². The molecule has 6 rings (SSSR count). The summed E-state index contributed by atoms with van der Waals surface area (Å²) in [5, 5.41) is 2.89. The lowest BCUT2D eigenvalue weighted by atomic mass is 10.1. The van der Waals surface area contributed by atoms with Crippen LogP contribution in [-0.4, -0.2) is 15.7 Å². The van der Waals surface area contributed by atoms with Gasteiger partial charge in [-0.25, -0.2) is 0 Å². The van der Waals surface area contributed by atoms with E-state index in [1.807, 2.05) is 103 Å². The highest BCUT2D eigenvalue weighted by atomic mass is 32.2. The Kier molecular flexibility index (Phi) is 6.89. The zero-order chi connectivity index (χ0) is 26.6. The number of nitrogens with one attached hydrogen (secondary N) is 1. The van der Waals surface area contributed by atoms with Gasteiger partial charge in [0.25, 0.3) is 11.1 Å². The van der Waals surface area contributed by atoms with E-state index in [4.69, 9.17) is 9.47 Å². The largest absolute Gasteiger partial charge is 0.489 e. The summed E-state index contributed by atoms with van der Waals surface area (Å²) in [6.45, 7) is 1.04. The van der Waals surface area contributed by atoms with E-state index in [1.54, 1.807) is 6.08 Å². The number of fused-ring (bicyclic) bond motifs is 1. The van der Waals surface area contributed by atoms with Crippen LogP contribution in [0.3, 0.4) is 0 Å². The van der Waals surface area contributed by atoms with Crippen LogP contribution >= 0.6 is 11.8 Å². The van der Waals surface area contributed by atoms with Crippen LogP contribution in [0.4, 0.5) is 4.79 Å². The molecular formula is C32H24N2O4S. The van der Waals surface area contributed by atoms with Crippen molar-refractivity contribution in [3.63, 3.8) is 0 Å². The number of imide groups is 1. The maximum absolute atomic E-state index is 12.3. The van der Waals surface area contributed by atoms with Crippen molar-refractivity contribution in [3.8, 4) is 17.2 Å². The zero-order valence-corrected chi connectivity index (χ0v) is 21.7. The average molecular weight is 533 g/mol. The Bertz CT molecular complexity index is 1690. The fourth-order valence-corrected chi connectivity index (χ4v) is 5.14. The molecule has 5 aromatic rings. The molecule has 0 bridgehead atoms. The predicted molar refractivity (Wildman–Crippen MR) is 154 cm³/mol. The molecule has 0 saturated carbocycles. The van der Waals surface area contributed by atoms with E-state index < -0.39 is 0 Å². The molecule has 1 N–H and O–H groups in total. The predicted octanol–water partition coefficient (Wildman–Crippen LogP) is 7.38. The van der Waals surface area contributed by atoms with E-state index in [0.29, 0.717) is 18.1 Å². The first kappa shape index (κ1) is 24.6. The highest BCUT2D eigenvalue weighted by Crippen LogP contribution is 2.33. The molecule has 7 heteroatoms. The molecule has 2 amide bonds. The summed E-state index contributed by atoms with van der Waals surface area (Å²) in [7, 11) is 0. The number of para-hydroxylation sites is 1. The van der Waals surface area contributed by atoms with Crippen molar-refractivity contribution in [1.82, 2.24) is 9.88 Å². The third-order valence-corrected chi connectivity index (χ3v) is 7.10. The smallest absolute Gasteiger partial charge is 0.290 e. The molecule has 4 aromatic carbocycles. The van der Waals surface area contributed by atoms with Gasteiger partial charge < -0.3 is 14.0 Å². The van der Waals surface area contributed by atoms with Gasteiger partial charge in [-0.2, -0.15) is 0 Å². The molecule has 2 heterocycles. The maximum Gasteiger partial charge on any atom is 0.290 e. The Morgan fingerprint density at radius 2 is 1.51 bits per heavy atom. The molecular weight excluding hydrogens is 508 g/mol. The van der Waals surface area contributed by atoms with Gasteiger partial charge in [-0.1, -0.05) is 60.7 Å².